The van der Waals surface area contributed by atoms with Crippen LogP contribution < -0.4 is 0 Å². The number of carbonyl (C=O) groups is 1. The summed E-state index contributed by atoms with van der Waals surface area (Å²) in [5, 5.41) is 8.73. The molecular weight excluding hydrogens is 404 g/mol. The number of para-hydroxylation sites is 1. The fraction of sp³-hybridized carbons (Fsp3) is 0.0800. The maximum absolute atomic E-state index is 13.0. The third-order valence-electron chi connectivity index (χ3n) is 5.11. The first-order chi connectivity index (χ1) is 15.7. The molecule has 0 atom stereocenters. The van der Waals surface area contributed by atoms with E-state index in [1.807, 2.05) is 71.5 Å². The summed E-state index contributed by atoms with van der Waals surface area (Å²) in [5.41, 5.74) is 3.90. The summed E-state index contributed by atoms with van der Waals surface area (Å²) in [4.78, 5) is 14.6. The molecule has 0 saturated heterocycles. The zero-order chi connectivity index (χ0) is 21.9. The lowest BCUT2D eigenvalue weighted by Crippen LogP contribution is -2.26. The summed E-state index contributed by atoms with van der Waals surface area (Å²) in [6, 6.07) is 24.9. The van der Waals surface area contributed by atoms with Crippen molar-refractivity contribution in [2.75, 3.05) is 7.05 Å². The van der Waals surface area contributed by atoms with Gasteiger partial charge in [0.15, 0.2) is 11.5 Å². The van der Waals surface area contributed by atoms with E-state index < -0.39 is 0 Å². The normalized spacial score (nSPS) is 10.9. The lowest BCUT2D eigenvalue weighted by Gasteiger charge is -2.15. The predicted octanol–water partition coefficient (Wildman–Crippen LogP) is 5.06. The highest BCUT2D eigenvalue weighted by Gasteiger charge is 2.21. The van der Waals surface area contributed by atoms with E-state index in [9.17, 15) is 4.79 Å². The van der Waals surface area contributed by atoms with Gasteiger partial charge in [-0.1, -0.05) is 53.7 Å². The third-order valence-corrected chi connectivity index (χ3v) is 5.11. The lowest BCUT2D eigenvalue weighted by molar-refractivity contribution is 0.0775. The van der Waals surface area contributed by atoms with Crippen molar-refractivity contribution >= 4 is 5.91 Å². The van der Waals surface area contributed by atoms with Gasteiger partial charge in [0, 0.05) is 37.0 Å². The van der Waals surface area contributed by atoms with E-state index in [1.54, 1.807) is 36.4 Å². The summed E-state index contributed by atoms with van der Waals surface area (Å²) in [7, 11) is 1.73. The third kappa shape index (κ3) is 3.83. The Balaban J connectivity index is 1.44. The number of amides is 1. The molecule has 0 N–H and O–H groups in total. The maximum atomic E-state index is 13.0. The number of hydrogen-bond acceptors (Lipinski definition) is 5. The first-order valence-corrected chi connectivity index (χ1v) is 10.1. The SMILES string of the molecule is CN(Cc1cn(-c2ccccc2)nc1-c1ccccc1)C(=O)c1cc(-c2ccco2)on1. The lowest BCUT2D eigenvalue weighted by atomic mass is 10.1. The smallest absolute Gasteiger partial charge is 0.276 e. The topological polar surface area (TPSA) is 77.3 Å². The van der Waals surface area contributed by atoms with Crippen LogP contribution >= 0.6 is 0 Å². The van der Waals surface area contributed by atoms with Crippen molar-refractivity contribution in [3.63, 3.8) is 0 Å². The van der Waals surface area contributed by atoms with E-state index in [0.29, 0.717) is 18.1 Å². The number of benzene rings is 2. The largest absolute Gasteiger partial charge is 0.461 e. The Kier molecular flexibility index (Phi) is 5.13. The highest BCUT2D eigenvalue weighted by Crippen LogP contribution is 2.26. The molecule has 7 nitrogen and oxygen atoms in total. The average Bonchev–Trinajstić information content (AvgIpc) is 3.60. The molecule has 1 amide bonds. The Labute approximate surface area is 184 Å². The molecule has 0 fully saturated rings. The number of rotatable bonds is 6. The number of aromatic nitrogens is 3. The van der Waals surface area contributed by atoms with Crippen molar-refractivity contribution in [3.05, 3.63) is 103 Å². The van der Waals surface area contributed by atoms with Crippen molar-refractivity contribution < 1.29 is 13.7 Å². The van der Waals surface area contributed by atoms with Gasteiger partial charge >= 0.3 is 0 Å². The van der Waals surface area contributed by atoms with E-state index in [0.717, 1.165) is 22.5 Å². The van der Waals surface area contributed by atoms with Crippen LogP contribution in [0.5, 0.6) is 0 Å². The van der Waals surface area contributed by atoms with Crippen LogP contribution in [0.4, 0.5) is 0 Å². The standard InChI is InChI=1S/C25H20N4O3/c1-28(25(30)21-15-23(32-27-21)22-13-8-14-31-22)16-19-17-29(20-11-6-3-7-12-20)26-24(19)18-9-4-2-5-10-18/h2-15,17H,16H2,1H3. The van der Waals surface area contributed by atoms with Crippen molar-refractivity contribution in [1.82, 2.24) is 19.8 Å². The van der Waals surface area contributed by atoms with Crippen LogP contribution in [0.25, 0.3) is 28.5 Å². The van der Waals surface area contributed by atoms with Gasteiger partial charge in [0.05, 0.1) is 17.6 Å². The minimum Gasteiger partial charge on any atom is -0.461 e. The summed E-state index contributed by atoms with van der Waals surface area (Å²) in [6.07, 6.45) is 3.50. The van der Waals surface area contributed by atoms with Crippen LogP contribution in [0.2, 0.25) is 0 Å². The van der Waals surface area contributed by atoms with Crippen LogP contribution in [-0.2, 0) is 6.54 Å². The Morgan fingerprint density at radius 2 is 1.72 bits per heavy atom. The average molecular weight is 424 g/mol. The van der Waals surface area contributed by atoms with Gasteiger partial charge in [-0.3, -0.25) is 4.79 Å². The first-order valence-electron chi connectivity index (χ1n) is 10.1. The van der Waals surface area contributed by atoms with E-state index in [4.69, 9.17) is 14.0 Å². The van der Waals surface area contributed by atoms with Gasteiger partial charge in [0.1, 0.15) is 0 Å². The molecular formula is C25H20N4O3. The number of hydrogen-bond donors (Lipinski definition) is 0. The van der Waals surface area contributed by atoms with Crippen molar-refractivity contribution in [2.45, 2.75) is 6.54 Å². The summed E-state index contributed by atoms with van der Waals surface area (Å²) >= 11 is 0. The molecule has 0 radical (unpaired) electrons. The molecule has 32 heavy (non-hydrogen) atoms. The number of carbonyl (C=O) groups excluding carboxylic acids is 1. The van der Waals surface area contributed by atoms with Crippen LogP contribution in [0.15, 0.2) is 100 Å². The van der Waals surface area contributed by atoms with E-state index >= 15 is 0 Å². The van der Waals surface area contributed by atoms with Crippen LogP contribution in [0, 0.1) is 0 Å². The molecule has 0 saturated carbocycles. The highest BCUT2D eigenvalue weighted by atomic mass is 16.5. The first kappa shape index (κ1) is 19.6. The van der Waals surface area contributed by atoms with Crippen molar-refractivity contribution in [2.24, 2.45) is 0 Å². The van der Waals surface area contributed by atoms with Crippen LogP contribution in [0.1, 0.15) is 16.1 Å². The van der Waals surface area contributed by atoms with Gasteiger partial charge in [-0.2, -0.15) is 5.10 Å². The van der Waals surface area contributed by atoms with Gasteiger partial charge < -0.3 is 13.8 Å². The fourth-order valence-electron chi connectivity index (χ4n) is 3.51. The Hall–Kier alpha value is -4.39. The quantitative estimate of drug-likeness (QED) is 0.381. The van der Waals surface area contributed by atoms with Crippen LogP contribution in [0.3, 0.4) is 0 Å². The molecule has 3 aromatic heterocycles. The maximum Gasteiger partial charge on any atom is 0.276 e. The molecule has 0 unspecified atom stereocenters. The molecule has 0 aliphatic rings. The van der Waals surface area contributed by atoms with Gasteiger partial charge in [0.25, 0.3) is 5.91 Å². The molecule has 5 aromatic rings. The zero-order valence-electron chi connectivity index (χ0n) is 17.4. The van der Waals surface area contributed by atoms with E-state index in [-0.39, 0.29) is 11.6 Å². The molecule has 0 aliphatic heterocycles. The van der Waals surface area contributed by atoms with Gasteiger partial charge in [-0.05, 0) is 24.3 Å². The van der Waals surface area contributed by atoms with Gasteiger partial charge in [-0.15, -0.1) is 0 Å². The molecule has 5 rings (SSSR count). The highest BCUT2D eigenvalue weighted by molar-refractivity contribution is 5.92. The summed E-state index contributed by atoms with van der Waals surface area (Å²) in [5.74, 6) is 0.682. The summed E-state index contributed by atoms with van der Waals surface area (Å²) < 4.78 is 12.4. The van der Waals surface area contributed by atoms with E-state index in [1.165, 1.54) is 0 Å². The molecule has 0 spiro atoms. The second-order valence-electron chi connectivity index (χ2n) is 7.36. The van der Waals surface area contributed by atoms with Gasteiger partial charge in [0.2, 0.25) is 5.76 Å². The van der Waals surface area contributed by atoms with Crippen molar-refractivity contribution in [3.8, 4) is 28.5 Å². The Bertz CT molecular complexity index is 1320. The number of furan rings is 1. The fourth-order valence-corrected chi connectivity index (χ4v) is 3.51. The molecule has 7 heteroatoms. The minimum atomic E-state index is -0.252. The Morgan fingerprint density at radius 1 is 0.969 bits per heavy atom. The summed E-state index contributed by atoms with van der Waals surface area (Å²) in [6.45, 7) is 0.360. The van der Waals surface area contributed by atoms with Crippen LogP contribution in [-0.4, -0.2) is 32.8 Å². The van der Waals surface area contributed by atoms with E-state index in [2.05, 4.69) is 5.16 Å². The molecule has 0 aliphatic carbocycles. The molecule has 3 heterocycles. The molecule has 158 valence electrons. The second-order valence-corrected chi connectivity index (χ2v) is 7.36. The number of nitrogens with zero attached hydrogens (tertiary/aromatic N) is 4. The molecule has 2 aromatic carbocycles. The molecule has 0 bridgehead atoms. The monoisotopic (exact) mass is 424 g/mol. The minimum absolute atomic E-state index is 0.218. The zero-order valence-corrected chi connectivity index (χ0v) is 17.4. The van der Waals surface area contributed by atoms with Gasteiger partial charge in [-0.25, -0.2) is 4.68 Å². The Morgan fingerprint density at radius 3 is 2.44 bits per heavy atom. The second kappa shape index (κ2) is 8.39. The predicted molar refractivity (Wildman–Crippen MR) is 119 cm³/mol. The van der Waals surface area contributed by atoms with Crippen molar-refractivity contribution in [1.29, 1.82) is 0 Å².